The number of pyridine rings is 1. The SMILES string of the molecule is Cc1cc(NCc2ccc(C(C)C)cc2)ncc1Br. The molecule has 1 heterocycles. The Morgan fingerprint density at radius 1 is 1.21 bits per heavy atom. The minimum Gasteiger partial charge on any atom is -0.366 e. The van der Waals surface area contributed by atoms with Crippen LogP contribution in [0.5, 0.6) is 0 Å². The second-order valence-electron chi connectivity index (χ2n) is 5.07. The quantitative estimate of drug-likeness (QED) is 0.868. The van der Waals surface area contributed by atoms with Crippen LogP contribution in [0.3, 0.4) is 0 Å². The zero-order valence-corrected chi connectivity index (χ0v) is 13.2. The molecule has 0 bridgehead atoms. The largest absolute Gasteiger partial charge is 0.366 e. The van der Waals surface area contributed by atoms with E-state index in [1.54, 1.807) is 0 Å². The van der Waals surface area contributed by atoms with Gasteiger partial charge in [-0.25, -0.2) is 4.98 Å². The van der Waals surface area contributed by atoms with Gasteiger partial charge in [-0.1, -0.05) is 38.1 Å². The van der Waals surface area contributed by atoms with Gasteiger partial charge < -0.3 is 5.32 Å². The van der Waals surface area contributed by atoms with Crippen LogP contribution in [0.4, 0.5) is 5.82 Å². The van der Waals surface area contributed by atoms with E-state index >= 15 is 0 Å². The van der Waals surface area contributed by atoms with Crippen molar-refractivity contribution in [1.29, 1.82) is 0 Å². The number of hydrogen-bond donors (Lipinski definition) is 1. The highest BCUT2D eigenvalue weighted by Crippen LogP contribution is 2.18. The van der Waals surface area contributed by atoms with Gasteiger partial charge in [-0.2, -0.15) is 0 Å². The summed E-state index contributed by atoms with van der Waals surface area (Å²) in [4.78, 5) is 4.34. The molecule has 0 aliphatic carbocycles. The number of anilines is 1. The number of nitrogens with one attached hydrogen (secondary N) is 1. The average Bonchev–Trinajstić information content (AvgIpc) is 2.40. The van der Waals surface area contributed by atoms with E-state index in [1.807, 2.05) is 12.3 Å². The molecule has 0 spiro atoms. The maximum atomic E-state index is 4.34. The van der Waals surface area contributed by atoms with Gasteiger partial charge in [0.2, 0.25) is 0 Å². The fourth-order valence-electron chi connectivity index (χ4n) is 1.85. The number of rotatable bonds is 4. The van der Waals surface area contributed by atoms with Crippen molar-refractivity contribution in [2.75, 3.05) is 5.32 Å². The second kappa shape index (κ2) is 6.20. The van der Waals surface area contributed by atoms with Gasteiger partial charge in [-0.3, -0.25) is 0 Å². The van der Waals surface area contributed by atoms with E-state index in [-0.39, 0.29) is 0 Å². The number of aromatic nitrogens is 1. The van der Waals surface area contributed by atoms with Gasteiger partial charge in [0.25, 0.3) is 0 Å². The predicted octanol–water partition coefficient (Wildman–Crippen LogP) is 4.89. The summed E-state index contributed by atoms with van der Waals surface area (Å²) in [6, 6.07) is 10.8. The molecule has 2 aromatic rings. The predicted molar refractivity (Wildman–Crippen MR) is 84.5 cm³/mol. The first-order chi connectivity index (χ1) is 9.06. The molecule has 0 amide bonds. The Labute approximate surface area is 123 Å². The van der Waals surface area contributed by atoms with Gasteiger partial charge in [0.1, 0.15) is 5.82 Å². The topological polar surface area (TPSA) is 24.9 Å². The van der Waals surface area contributed by atoms with Gasteiger partial charge >= 0.3 is 0 Å². The van der Waals surface area contributed by atoms with Crippen LogP contribution in [0.2, 0.25) is 0 Å². The first-order valence-corrected chi connectivity index (χ1v) is 7.30. The van der Waals surface area contributed by atoms with E-state index < -0.39 is 0 Å². The lowest BCUT2D eigenvalue weighted by atomic mass is 10.0. The number of hydrogen-bond acceptors (Lipinski definition) is 2. The Morgan fingerprint density at radius 3 is 2.47 bits per heavy atom. The van der Waals surface area contributed by atoms with E-state index in [4.69, 9.17) is 0 Å². The lowest BCUT2D eigenvalue weighted by molar-refractivity contribution is 0.865. The fourth-order valence-corrected chi connectivity index (χ4v) is 2.07. The summed E-state index contributed by atoms with van der Waals surface area (Å²) in [5, 5.41) is 3.35. The normalized spacial score (nSPS) is 10.8. The molecule has 0 aliphatic rings. The van der Waals surface area contributed by atoms with Crippen LogP contribution in [0.15, 0.2) is 41.0 Å². The summed E-state index contributed by atoms with van der Waals surface area (Å²) in [6.07, 6.45) is 1.83. The molecule has 0 unspecified atom stereocenters. The average molecular weight is 319 g/mol. The first-order valence-electron chi connectivity index (χ1n) is 6.51. The molecule has 2 nitrogen and oxygen atoms in total. The highest BCUT2D eigenvalue weighted by Gasteiger charge is 2.01. The molecule has 19 heavy (non-hydrogen) atoms. The molecule has 0 fully saturated rings. The van der Waals surface area contributed by atoms with Gasteiger partial charge in [0.05, 0.1) is 0 Å². The van der Waals surface area contributed by atoms with Crippen LogP contribution in [0, 0.1) is 6.92 Å². The Hall–Kier alpha value is -1.35. The van der Waals surface area contributed by atoms with Crippen molar-refractivity contribution in [3.63, 3.8) is 0 Å². The third kappa shape index (κ3) is 3.80. The van der Waals surface area contributed by atoms with Crippen molar-refractivity contribution in [1.82, 2.24) is 4.98 Å². The number of aryl methyl sites for hydroxylation is 1. The number of halogens is 1. The minimum atomic E-state index is 0.581. The maximum Gasteiger partial charge on any atom is 0.126 e. The van der Waals surface area contributed by atoms with Crippen LogP contribution in [0.1, 0.15) is 36.5 Å². The molecule has 0 saturated heterocycles. The fraction of sp³-hybridized carbons (Fsp3) is 0.312. The molecule has 0 radical (unpaired) electrons. The van der Waals surface area contributed by atoms with Crippen molar-refractivity contribution in [3.8, 4) is 0 Å². The van der Waals surface area contributed by atoms with E-state index in [1.165, 1.54) is 16.7 Å². The molecule has 3 heteroatoms. The zero-order valence-electron chi connectivity index (χ0n) is 11.6. The lowest BCUT2D eigenvalue weighted by Gasteiger charge is -2.09. The highest BCUT2D eigenvalue weighted by atomic mass is 79.9. The van der Waals surface area contributed by atoms with Crippen molar-refractivity contribution in [3.05, 3.63) is 57.7 Å². The van der Waals surface area contributed by atoms with Crippen LogP contribution in [-0.2, 0) is 6.54 Å². The summed E-state index contributed by atoms with van der Waals surface area (Å²) in [5.41, 5.74) is 3.83. The highest BCUT2D eigenvalue weighted by molar-refractivity contribution is 9.10. The smallest absolute Gasteiger partial charge is 0.126 e. The van der Waals surface area contributed by atoms with E-state index in [2.05, 4.69) is 71.3 Å². The Morgan fingerprint density at radius 2 is 1.89 bits per heavy atom. The second-order valence-corrected chi connectivity index (χ2v) is 5.92. The molecule has 2 rings (SSSR count). The molecule has 1 N–H and O–H groups in total. The summed E-state index contributed by atoms with van der Waals surface area (Å²) in [6.45, 7) is 7.28. The van der Waals surface area contributed by atoms with E-state index in [9.17, 15) is 0 Å². The standard InChI is InChI=1S/C16H19BrN2/c1-11(2)14-6-4-13(5-7-14)9-18-16-8-12(3)15(17)10-19-16/h4-8,10-11H,9H2,1-3H3,(H,18,19). The van der Waals surface area contributed by atoms with E-state index in [0.29, 0.717) is 5.92 Å². The van der Waals surface area contributed by atoms with Gasteiger partial charge in [0, 0.05) is 17.2 Å². The Balaban J connectivity index is 2.00. The zero-order chi connectivity index (χ0) is 13.8. The molecule has 0 aliphatic heterocycles. The maximum absolute atomic E-state index is 4.34. The molecule has 0 saturated carbocycles. The van der Waals surface area contributed by atoms with Crippen LogP contribution < -0.4 is 5.32 Å². The van der Waals surface area contributed by atoms with Crippen molar-refractivity contribution < 1.29 is 0 Å². The monoisotopic (exact) mass is 318 g/mol. The third-order valence-electron chi connectivity index (χ3n) is 3.17. The van der Waals surface area contributed by atoms with Crippen molar-refractivity contribution in [2.45, 2.75) is 33.2 Å². The minimum absolute atomic E-state index is 0.581. The van der Waals surface area contributed by atoms with Crippen LogP contribution >= 0.6 is 15.9 Å². The van der Waals surface area contributed by atoms with Gasteiger partial charge in [-0.15, -0.1) is 0 Å². The van der Waals surface area contributed by atoms with Crippen molar-refractivity contribution >= 4 is 21.7 Å². The van der Waals surface area contributed by atoms with Crippen LogP contribution in [0.25, 0.3) is 0 Å². The molecule has 1 aromatic carbocycles. The van der Waals surface area contributed by atoms with Crippen LogP contribution in [-0.4, -0.2) is 4.98 Å². The van der Waals surface area contributed by atoms with E-state index in [0.717, 1.165) is 16.8 Å². The summed E-state index contributed by atoms with van der Waals surface area (Å²) >= 11 is 3.46. The molecular formula is C16H19BrN2. The molecule has 100 valence electrons. The molecule has 0 atom stereocenters. The lowest BCUT2D eigenvalue weighted by Crippen LogP contribution is -2.02. The van der Waals surface area contributed by atoms with Crippen molar-refractivity contribution in [2.24, 2.45) is 0 Å². The third-order valence-corrected chi connectivity index (χ3v) is 4.00. The van der Waals surface area contributed by atoms with Gasteiger partial charge in [0.15, 0.2) is 0 Å². The number of benzene rings is 1. The Bertz CT molecular complexity index is 547. The molecule has 1 aromatic heterocycles. The first kappa shape index (κ1) is 14.1. The number of nitrogens with zero attached hydrogens (tertiary/aromatic N) is 1. The summed E-state index contributed by atoms with van der Waals surface area (Å²) in [7, 11) is 0. The Kier molecular flexibility index (Phi) is 4.59. The van der Waals surface area contributed by atoms with Gasteiger partial charge in [-0.05, 0) is 51.5 Å². The molecular weight excluding hydrogens is 300 g/mol. The summed E-state index contributed by atoms with van der Waals surface area (Å²) < 4.78 is 1.04. The summed E-state index contributed by atoms with van der Waals surface area (Å²) in [5.74, 6) is 1.49.